The van der Waals surface area contributed by atoms with Gasteiger partial charge in [0, 0.05) is 12.4 Å². The largest absolute Gasteiger partial charge is 0.449 e. The predicted molar refractivity (Wildman–Crippen MR) is 96.9 cm³/mol. The summed E-state index contributed by atoms with van der Waals surface area (Å²) in [6.07, 6.45) is 20.5. The molecule has 1 aromatic heterocycles. The van der Waals surface area contributed by atoms with E-state index in [1.165, 1.54) is 75.2 Å². The van der Waals surface area contributed by atoms with Crippen molar-refractivity contribution in [2.75, 3.05) is 6.61 Å². The Morgan fingerprint density at radius 2 is 1.17 bits per heavy atom. The molecule has 0 N–H and O–H groups in total. The van der Waals surface area contributed by atoms with E-state index in [0.29, 0.717) is 6.61 Å². The van der Waals surface area contributed by atoms with E-state index in [1.54, 1.807) is 12.4 Å². The molecule has 0 radical (unpaired) electrons. The van der Waals surface area contributed by atoms with Crippen LogP contribution in [0.2, 0.25) is 0 Å². The third-order valence-electron chi connectivity index (χ3n) is 4.29. The Kier molecular flexibility index (Phi) is 12.4. The van der Waals surface area contributed by atoms with Crippen LogP contribution in [-0.2, 0) is 4.74 Å². The monoisotopic (exact) mass is 321 g/mol. The van der Waals surface area contributed by atoms with Gasteiger partial charge in [-0.2, -0.15) is 0 Å². The van der Waals surface area contributed by atoms with Gasteiger partial charge in [0.25, 0.3) is 0 Å². The number of carbonyl (C=O) groups excluding carboxylic acids is 1. The quantitative estimate of drug-likeness (QED) is 0.363. The molecule has 0 aliphatic heterocycles. The Labute approximate surface area is 142 Å². The molecule has 3 nitrogen and oxygen atoms in total. The van der Waals surface area contributed by atoms with Crippen LogP contribution in [0, 0.1) is 0 Å². The molecule has 1 heterocycles. The fourth-order valence-corrected chi connectivity index (χ4v) is 2.81. The molecule has 3 heteroatoms. The second-order valence-corrected chi connectivity index (χ2v) is 6.45. The summed E-state index contributed by atoms with van der Waals surface area (Å²) in [5, 5.41) is 0. The van der Waals surface area contributed by atoms with Crippen LogP contribution >= 0.6 is 0 Å². The maximum Gasteiger partial charge on any atom is 0.417 e. The molecule has 0 aromatic carbocycles. The molecule has 0 bridgehead atoms. The first-order valence-corrected chi connectivity index (χ1v) is 9.64. The minimum absolute atomic E-state index is 0.270. The Hall–Kier alpha value is -1.25. The van der Waals surface area contributed by atoms with Crippen molar-refractivity contribution in [2.24, 2.45) is 0 Å². The van der Waals surface area contributed by atoms with Gasteiger partial charge >= 0.3 is 6.09 Å². The van der Waals surface area contributed by atoms with Crippen LogP contribution in [0.3, 0.4) is 0 Å². The summed E-state index contributed by atoms with van der Waals surface area (Å²) in [6.45, 7) is 2.81. The first-order valence-electron chi connectivity index (χ1n) is 9.64. The lowest BCUT2D eigenvalue weighted by atomic mass is 10.0. The van der Waals surface area contributed by atoms with E-state index in [-0.39, 0.29) is 6.09 Å². The van der Waals surface area contributed by atoms with E-state index in [1.807, 2.05) is 12.1 Å². The Balaban J connectivity index is 1.76. The average molecular weight is 322 g/mol. The van der Waals surface area contributed by atoms with Crippen molar-refractivity contribution in [3.63, 3.8) is 0 Å². The van der Waals surface area contributed by atoms with Crippen molar-refractivity contribution < 1.29 is 9.53 Å². The summed E-state index contributed by atoms with van der Waals surface area (Å²) < 4.78 is 6.68. The summed E-state index contributed by atoms with van der Waals surface area (Å²) >= 11 is 0. The Morgan fingerprint density at radius 3 is 1.65 bits per heavy atom. The molecule has 0 saturated heterocycles. The van der Waals surface area contributed by atoms with Gasteiger partial charge in [-0.05, 0) is 18.6 Å². The molecule has 132 valence electrons. The molecule has 0 aliphatic carbocycles. The van der Waals surface area contributed by atoms with Crippen molar-refractivity contribution in [2.45, 2.75) is 90.4 Å². The highest BCUT2D eigenvalue weighted by molar-refractivity contribution is 5.70. The zero-order valence-electron chi connectivity index (χ0n) is 15.0. The first-order chi connectivity index (χ1) is 11.3. The smallest absolute Gasteiger partial charge is 0.417 e. The number of nitrogens with zero attached hydrogens (tertiary/aromatic N) is 1. The maximum absolute atomic E-state index is 11.6. The molecule has 0 atom stereocenters. The van der Waals surface area contributed by atoms with E-state index in [4.69, 9.17) is 4.74 Å². The summed E-state index contributed by atoms with van der Waals surface area (Å²) in [6, 6.07) is 3.65. The lowest BCUT2D eigenvalue weighted by Crippen LogP contribution is -2.12. The van der Waals surface area contributed by atoms with Gasteiger partial charge in [-0.1, -0.05) is 84.0 Å². The SMILES string of the molecule is CCCCCCCCCCCCCCCOC(=O)n1cccc1. The molecule has 0 amide bonds. The lowest BCUT2D eigenvalue weighted by molar-refractivity contribution is 0.145. The van der Waals surface area contributed by atoms with Crippen LogP contribution < -0.4 is 0 Å². The minimum Gasteiger partial charge on any atom is -0.449 e. The minimum atomic E-state index is -0.270. The molecule has 0 spiro atoms. The van der Waals surface area contributed by atoms with Crippen molar-refractivity contribution >= 4 is 6.09 Å². The third-order valence-corrected chi connectivity index (χ3v) is 4.29. The number of hydrogen-bond acceptors (Lipinski definition) is 2. The summed E-state index contributed by atoms with van der Waals surface area (Å²) in [7, 11) is 0. The van der Waals surface area contributed by atoms with Crippen LogP contribution in [0.4, 0.5) is 4.79 Å². The summed E-state index contributed by atoms with van der Waals surface area (Å²) in [5.41, 5.74) is 0. The molecular formula is C20H35NO2. The van der Waals surface area contributed by atoms with Gasteiger partial charge in [0.15, 0.2) is 0 Å². The fourth-order valence-electron chi connectivity index (χ4n) is 2.81. The number of carbonyl (C=O) groups is 1. The summed E-state index contributed by atoms with van der Waals surface area (Å²) in [4.78, 5) is 11.6. The van der Waals surface area contributed by atoms with Gasteiger partial charge in [-0.25, -0.2) is 4.79 Å². The van der Waals surface area contributed by atoms with Crippen molar-refractivity contribution in [1.29, 1.82) is 0 Å². The molecule has 1 aromatic rings. The second-order valence-electron chi connectivity index (χ2n) is 6.45. The molecule has 0 fully saturated rings. The van der Waals surface area contributed by atoms with Crippen LogP contribution in [0.15, 0.2) is 24.5 Å². The number of ether oxygens (including phenoxy) is 1. The third kappa shape index (κ3) is 11.0. The van der Waals surface area contributed by atoms with Gasteiger partial charge < -0.3 is 4.74 Å². The van der Waals surface area contributed by atoms with Crippen molar-refractivity contribution in [1.82, 2.24) is 4.57 Å². The number of rotatable bonds is 14. The normalized spacial score (nSPS) is 10.8. The van der Waals surface area contributed by atoms with E-state index < -0.39 is 0 Å². The number of unbranched alkanes of at least 4 members (excludes halogenated alkanes) is 12. The average Bonchev–Trinajstić information content (AvgIpc) is 3.09. The Bertz CT molecular complexity index is 373. The van der Waals surface area contributed by atoms with Crippen LogP contribution in [0.5, 0.6) is 0 Å². The van der Waals surface area contributed by atoms with Gasteiger partial charge in [0.2, 0.25) is 0 Å². The zero-order chi connectivity index (χ0) is 16.6. The van der Waals surface area contributed by atoms with Gasteiger partial charge in [0.05, 0.1) is 6.61 Å². The highest BCUT2D eigenvalue weighted by Crippen LogP contribution is 2.12. The Morgan fingerprint density at radius 1 is 0.739 bits per heavy atom. The first kappa shape index (κ1) is 19.8. The van der Waals surface area contributed by atoms with Crippen LogP contribution in [0.25, 0.3) is 0 Å². The fraction of sp³-hybridized carbons (Fsp3) is 0.750. The predicted octanol–water partition coefficient (Wildman–Crippen LogP) is 6.56. The molecule has 1 rings (SSSR count). The maximum atomic E-state index is 11.6. The van der Waals surface area contributed by atoms with Gasteiger partial charge in [0.1, 0.15) is 0 Å². The molecule has 23 heavy (non-hydrogen) atoms. The molecule has 0 saturated carbocycles. The van der Waals surface area contributed by atoms with E-state index >= 15 is 0 Å². The van der Waals surface area contributed by atoms with E-state index in [0.717, 1.165) is 12.8 Å². The van der Waals surface area contributed by atoms with E-state index in [9.17, 15) is 4.79 Å². The van der Waals surface area contributed by atoms with Crippen LogP contribution in [0.1, 0.15) is 90.4 Å². The van der Waals surface area contributed by atoms with Crippen LogP contribution in [-0.4, -0.2) is 17.3 Å². The molecule has 0 unspecified atom stereocenters. The van der Waals surface area contributed by atoms with Crippen molar-refractivity contribution in [3.8, 4) is 0 Å². The van der Waals surface area contributed by atoms with Crippen molar-refractivity contribution in [3.05, 3.63) is 24.5 Å². The number of hydrogen-bond donors (Lipinski definition) is 0. The topological polar surface area (TPSA) is 31.2 Å². The molecular weight excluding hydrogens is 286 g/mol. The zero-order valence-corrected chi connectivity index (χ0v) is 15.0. The number of aromatic nitrogens is 1. The van der Waals surface area contributed by atoms with Gasteiger partial charge in [-0.15, -0.1) is 0 Å². The lowest BCUT2D eigenvalue weighted by Gasteiger charge is -2.05. The standard InChI is InChI=1S/C20H35NO2/c1-2-3-4-5-6-7-8-9-10-11-12-13-16-19-23-20(22)21-17-14-15-18-21/h14-15,17-18H,2-13,16,19H2,1H3. The van der Waals surface area contributed by atoms with E-state index in [2.05, 4.69) is 6.92 Å². The van der Waals surface area contributed by atoms with Gasteiger partial charge in [-0.3, -0.25) is 4.57 Å². The molecule has 0 aliphatic rings. The highest BCUT2D eigenvalue weighted by Gasteiger charge is 2.02. The summed E-state index contributed by atoms with van der Waals surface area (Å²) in [5.74, 6) is 0. The second kappa shape index (κ2) is 14.3. The highest BCUT2D eigenvalue weighted by atomic mass is 16.5.